The van der Waals surface area contributed by atoms with Crippen LogP contribution in [0.2, 0.25) is 0 Å². The van der Waals surface area contributed by atoms with E-state index in [0.29, 0.717) is 6.42 Å². The first-order valence-electron chi connectivity index (χ1n) is 4.95. The molecular formula is C12H12BrNO. The SMILES string of the molecule is O=C1CCC=CN1c1ccc(CBr)cc1. The monoisotopic (exact) mass is 265 g/mol. The van der Waals surface area contributed by atoms with Gasteiger partial charge in [0.15, 0.2) is 0 Å². The number of nitrogens with zero attached hydrogens (tertiary/aromatic N) is 1. The average Bonchev–Trinajstić information content (AvgIpc) is 2.30. The molecule has 78 valence electrons. The standard InChI is InChI=1S/C12H12BrNO/c13-9-10-4-6-11(7-5-10)14-8-2-1-3-12(14)15/h2,4-8H,1,3,9H2. The van der Waals surface area contributed by atoms with Gasteiger partial charge in [-0.3, -0.25) is 9.69 Å². The zero-order valence-electron chi connectivity index (χ0n) is 8.32. The molecule has 0 N–H and O–H groups in total. The fourth-order valence-corrected chi connectivity index (χ4v) is 1.94. The quantitative estimate of drug-likeness (QED) is 0.752. The minimum Gasteiger partial charge on any atom is -0.288 e. The van der Waals surface area contributed by atoms with Gasteiger partial charge in [0.05, 0.1) is 0 Å². The Balaban J connectivity index is 2.24. The Labute approximate surface area is 97.7 Å². The van der Waals surface area contributed by atoms with Crippen LogP contribution in [0, 0.1) is 0 Å². The molecule has 0 atom stereocenters. The molecule has 0 saturated carbocycles. The van der Waals surface area contributed by atoms with E-state index in [2.05, 4.69) is 15.9 Å². The molecule has 0 spiro atoms. The highest BCUT2D eigenvalue weighted by molar-refractivity contribution is 9.08. The van der Waals surface area contributed by atoms with Crippen molar-refractivity contribution in [1.82, 2.24) is 0 Å². The third-order valence-corrected chi connectivity index (χ3v) is 3.06. The topological polar surface area (TPSA) is 20.3 Å². The highest BCUT2D eigenvalue weighted by atomic mass is 79.9. The predicted octanol–water partition coefficient (Wildman–Crippen LogP) is 3.22. The Morgan fingerprint density at radius 1 is 1.27 bits per heavy atom. The Bertz CT molecular complexity index is 383. The summed E-state index contributed by atoms with van der Waals surface area (Å²) < 4.78 is 0. The van der Waals surface area contributed by atoms with E-state index in [1.807, 2.05) is 36.5 Å². The first-order valence-corrected chi connectivity index (χ1v) is 6.07. The molecule has 3 heteroatoms. The van der Waals surface area contributed by atoms with Crippen LogP contribution in [0.5, 0.6) is 0 Å². The molecular weight excluding hydrogens is 254 g/mol. The molecule has 1 aliphatic heterocycles. The number of benzene rings is 1. The summed E-state index contributed by atoms with van der Waals surface area (Å²) in [5.74, 6) is 0.170. The predicted molar refractivity (Wildman–Crippen MR) is 64.9 cm³/mol. The maximum atomic E-state index is 11.6. The number of alkyl halides is 1. The van der Waals surface area contributed by atoms with Crippen molar-refractivity contribution in [3.05, 3.63) is 42.1 Å². The van der Waals surface area contributed by atoms with Crippen molar-refractivity contribution in [3.63, 3.8) is 0 Å². The average molecular weight is 266 g/mol. The second-order valence-corrected chi connectivity index (χ2v) is 4.05. The lowest BCUT2D eigenvalue weighted by atomic mass is 10.1. The third-order valence-electron chi connectivity index (χ3n) is 2.42. The van der Waals surface area contributed by atoms with Crippen LogP contribution in [-0.2, 0) is 10.1 Å². The van der Waals surface area contributed by atoms with E-state index in [4.69, 9.17) is 0 Å². The molecule has 0 bridgehead atoms. The molecule has 15 heavy (non-hydrogen) atoms. The Kier molecular flexibility index (Phi) is 3.21. The number of hydrogen-bond acceptors (Lipinski definition) is 1. The molecule has 0 aromatic heterocycles. The van der Waals surface area contributed by atoms with Crippen molar-refractivity contribution in [1.29, 1.82) is 0 Å². The van der Waals surface area contributed by atoms with E-state index in [0.717, 1.165) is 17.4 Å². The van der Waals surface area contributed by atoms with E-state index in [-0.39, 0.29) is 5.91 Å². The fourth-order valence-electron chi connectivity index (χ4n) is 1.57. The number of carbonyl (C=O) groups is 1. The fraction of sp³-hybridized carbons (Fsp3) is 0.250. The number of allylic oxidation sites excluding steroid dienone is 1. The smallest absolute Gasteiger partial charge is 0.231 e. The largest absolute Gasteiger partial charge is 0.288 e. The van der Waals surface area contributed by atoms with Crippen LogP contribution in [0.1, 0.15) is 18.4 Å². The van der Waals surface area contributed by atoms with Gasteiger partial charge in [-0.15, -0.1) is 0 Å². The summed E-state index contributed by atoms with van der Waals surface area (Å²) in [6, 6.07) is 8.01. The van der Waals surface area contributed by atoms with Crippen LogP contribution in [0.3, 0.4) is 0 Å². The molecule has 1 aromatic rings. The van der Waals surface area contributed by atoms with Gasteiger partial charge in [-0.25, -0.2) is 0 Å². The maximum Gasteiger partial charge on any atom is 0.231 e. The van der Waals surface area contributed by atoms with Gasteiger partial charge in [-0.05, 0) is 24.1 Å². The normalized spacial score (nSPS) is 15.8. The van der Waals surface area contributed by atoms with Crippen LogP contribution in [0.15, 0.2) is 36.5 Å². The van der Waals surface area contributed by atoms with Crippen molar-refractivity contribution < 1.29 is 4.79 Å². The summed E-state index contributed by atoms with van der Waals surface area (Å²) in [4.78, 5) is 13.3. The number of carbonyl (C=O) groups excluding carboxylic acids is 1. The summed E-state index contributed by atoms with van der Waals surface area (Å²) in [7, 11) is 0. The maximum absolute atomic E-state index is 11.6. The lowest BCUT2D eigenvalue weighted by Crippen LogP contribution is -2.26. The molecule has 1 aliphatic rings. The van der Waals surface area contributed by atoms with E-state index in [9.17, 15) is 4.79 Å². The third kappa shape index (κ3) is 2.29. The molecule has 1 aromatic carbocycles. The Hall–Kier alpha value is -1.09. The van der Waals surface area contributed by atoms with Crippen LogP contribution >= 0.6 is 15.9 Å². The number of hydrogen-bond donors (Lipinski definition) is 0. The number of anilines is 1. The molecule has 0 radical (unpaired) electrons. The first kappa shape index (κ1) is 10.4. The van der Waals surface area contributed by atoms with Crippen molar-refractivity contribution >= 4 is 27.5 Å². The van der Waals surface area contributed by atoms with E-state index in [1.54, 1.807) is 4.90 Å². The second-order valence-electron chi connectivity index (χ2n) is 3.49. The highest BCUT2D eigenvalue weighted by Gasteiger charge is 2.14. The van der Waals surface area contributed by atoms with Gasteiger partial charge in [0, 0.05) is 23.6 Å². The van der Waals surface area contributed by atoms with Crippen LogP contribution in [-0.4, -0.2) is 5.91 Å². The van der Waals surface area contributed by atoms with Gasteiger partial charge in [0.2, 0.25) is 5.91 Å². The minimum atomic E-state index is 0.170. The molecule has 0 fully saturated rings. The van der Waals surface area contributed by atoms with Crippen LogP contribution < -0.4 is 4.90 Å². The van der Waals surface area contributed by atoms with Gasteiger partial charge in [0.1, 0.15) is 0 Å². The van der Waals surface area contributed by atoms with Crippen molar-refractivity contribution in [2.75, 3.05) is 4.90 Å². The van der Waals surface area contributed by atoms with E-state index < -0.39 is 0 Å². The first-order chi connectivity index (χ1) is 7.31. The Morgan fingerprint density at radius 2 is 2.00 bits per heavy atom. The molecule has 0 saturated heterocycles. The number of rotatable bonds is 2. The molecule has 1 heterocycles. The van der Waals surface area contributed by atoms with E-state index >= 15 is 0 Å². The summed E-state index contributed by atoms with van der Waals surface area (Å²) in [5, 5.41) is 0.844. The summed E-state index contributed by atoms with van der Waals surface area (Å²) in [6.45, 7) is 0. The van der Waals surface area contributed by atoms with Crippen LogP contribution in [0.25, 0.3) is 0 Å². The van der Waals surface area contributed by atoms with Gasteiger partial charge >= 0.3 is 0 Å². The van der Waals surface area contributed by atoms with Gasteiger partial charge in [-0.2, -0.15) is 0 Å². The molecule has 2 nitrogen and oxygen atoms in total. The summed E-state index contributed by atoms with van der Waals surface area (Å²) in [6.07, 6.45) is 5.35. The van der Waals surface area contributed by atoms with Gasteiger partial charge < -0.3 is 0 Å². The zero-order valence-corrected chi connectivity index (χ0v) is 9.90. The van der Waals surface area contributed by atoms with E-state index in [1.165, 1.54) is 5.56 Å². The number of amides is 1. The Morgan fingerprint density at radius 3 is 2.60 bits per heavy atom. The molecule has 0 unspecified atom stereocenters. The lowest BCUT2D eigenvalue weighted by molar-refractivity contribution is -0.118. The lowest BCUT2D eigenvalue weighted by Gasteiger charge is -2.21. The molecule has 0 aliphatic carbocycles. The van der Waals surface area contributed by atoms with Crippen molar-refractivity contribution in [2.24, 2.45) is 0 Å². The number of halogens is 1. The summed E-state index contributed by atoms with van der Waals surface area (Å²) in [5.41, 5.74) is 2.16. The van der Waals surface area contributed by atoms with Gasteiger partial charge in [-0.1, -0.05) is 34.1 Å². The molecule has 1 amide bonds. The minimum absolute atomic E-state index is 0.170. The van der Waals surface area contributed by atoms with Gasteiger partial charge in [0.25, 0.3) is 0 Å². The van der Waals surface area contributed by atoms with Crippen LogP contribution in [0.4, 0.5) is 5.69 Å². The highest BCUT2D eigenvalue weighted by Crippen LogP contribution is 2.20. The zero-order chi connectivity index (χ0) is 10.7. The second kappa shape index (κ2) is 4.62. The van der Waals surface area contributed by atoms with Crippen molar-refractivity contribution in [2.45, 2.75) is 18.2 Å². The molecule has 2 rings (SSSR count). The summed E-state index contributed by atoms with van der Waals surface area (Å²) >= 11 is 3.40. The van der Waals surface area contributed by atoms with Crippen molar-refractivity contribution in [3.8, 4) is 0 Å².